The third-order valence-corrected chi connectivity index (χ3v) is 11.5. The minimum absolute atomic E-state index is 0.0242. The van der Waals surface area contributed by atoms with Gasteiger partial charge in [-0.15, -0.1) is 6.58 Å². The van der Waals surface area contributed by atoms with E-state index in [-0.39, 0.29) is 48.6 Å². The Morgan fingerprint density at radius 2 is 1.59 bits per heavy atom. The lowest BCUT2D eigenvalue weighted by molar-refractivity contribution is -0.144. The minimum atomic E-state index is -3.46. The summed E-state index contributed by atoms with van der Waals surface area (Å²) in [5.41, 5.74) is -0.992. The van der Waals surface area contributed by atoms with Gasteiger partial charge in [0.05, 0.1) is 11.3 Å². The van der Waals surface area contributed by atoms with Gasteiger partial charge in [-0.05, 0) is 54.8 Å². The highest BCUT2D eigenvalue weighted by Crippen LogP contribution is 2.34. The molecular weight excluding hydrogens is 648 g/mol. The van der Waals surface area contributed by atoms with Crippen molar-refractivity contribution >= 4 is 39.6 Å². The van der Waals surface area contributed by atoms with Crippen molar-refractivity contribution in [3.05, 3.63) is 12.7 Å². The van der Waals surface area contributed by atoms with Crippen molar-refractivity contribution in [2.45, 2.75) is 130 Å². The fourth-order valence-corrected chi connectivity index (χ4v) is 8.06. The molecule has 1 saturated heterocycles. The smallest absolute Gasteiger partial charge is 0.315 e. The first-order valence-electron chi connectivity index (χ1n) is 17.6. The average molecular weight is 711 g/mol. The lowest BCUT2D eigenvalue weighted by Crippen LogP contribution is -2.61. The molecule has 5 atom stereocenters. The Bertz CT molecular complexity index is 1320. The molecule has 1 aliphatic carbocycles. The van der Waals surface area contributed by atoms with Crippen molar-refractivity contribution in [2.24, 2.45) is 22.7 Å². The van der Waals surface area contributed by atoms with Gasteiger partial charge < -0.3 is 26.2 Å². The number of hydrogen-bond acceptors (Lipinski definition) is 7. The summed E-state index contributed by atoms with van der Waals surface area (Å²) in [7, 11) is -1.93. The molecule has 4 N–H and O–H groups in total. The zero-order valence-corrected chi connectivity index (χ0v) is 32.2. The maximum Gasteiger partial charge on any atom is 0.315 e. The Morgan fingerprint density at radius 3 is 2.08 bits per heavy atom. The molecule has 2 rings (SSSR count). The predicted octanol–water partition coefficient (Wildman–Crippen LogP) is 2.96. The summed E-state index contributed by atoms with van der Waals surface area (Å²) in [6.45, 7) is 21.3. The van der Waals surface area contributed by atoms with Gasteiger partial charge in [0.15, 0.2) is 0 Å². The molecule has 1 heterocycles. The quantitative estimate of drug-likeness (QED) is 0.133. The SMILES string of the molecule is C=CCNC(=O)C(=O)C(CCC)NC(=O)[C@@H]1[C@@H](C(C)C)CCN1C(=O)[C@@H](NC(=O)N[C@H](CN(C)S(=O)(=O)C1CC1)CC(C)(C)C)C(C)(C)C. The van der Waals surface area contributed by atoms with Crippen LogP contribution in [0.15, 0.2) is 12.7 Å². The number of hydrogen-bond donors (Lipinski definition) is 4. The molecule has 1 unspecified atom stereocenters. The topological polar surface area (TPSA) is 174 Å². The van der Waals surface area contributed by atoms with Crippen LogP contribution in [0.1, 0.15) is 101 Å². The number of nitrogens with zero attached hydrogens (tertiary/aromatic N) is 2. The molecule has 0 aromatic carbocycles. The van der Waals surface area contributed by atoms with E-state index < -0.39 is 69.1 Å². The van der Waals surface area contributed by atoms with Gasteiger partial charge in [-0.3, -0.25) is 19.2 Å². The molecule has 2 fully saturated rings. The normalized spacial score (nSPS) is 20.4. The highest BCUT2D eigenvalue weighted by molar-refractivity contribution is 7.90. The van der Waals surface area contributed by atoms with E-state index in [0.29, 0.717) is 32.1 Å². The van der Waals surface area contributed by atoms with Crippen LogP contribution in [-0.2, 0) is 29.2 Å². The van der Waals surface area contributed by atoms with E-state index in [9.17, 15) is 32.4 Å². The number of carbonyl (C=O) groups excluding carboxylic acids is 5. The van der Waals surface area contributed by atoms with E-state index in [4.69, 9.17) is 0 Å². The van der Waals surface area contributed by atoms with E-state index in [1.165, 1.54) is 22.3 Å². The number of likely N-dealkylation sites (N-methyl/N-ethyl adjacent to an activating group) is 1. The average Bonchev–Trinajstić information content (AvgIpc) is 3.74. The van der Waals surface area contributed by atoms with Crippen LogP contribution in [0.5, 0.6) is 0 Å². The van der Waals surface area contributed by atoms with Crippen LogP contribution in [0.3, 0.4) is 0 Å². The Labute approximate surface area is 294 Å². The fraction of sp³-hybridized carbons (Fsp3) is 0.800. The maximum absolute atomic E-state index is 14.4. The van der Waals surface area contributed by atoms with E-state index >= 15 is 0 Å². The zero-order valence-electron chi connectivity index (χ0n) is 31.4. The number of amides is 5. The van der Waals surface area contributed by atoms with Gasteiger partial charge >= 0.3 is 6.03 Å². The first-order chi connectivity index (χ1) is 22.5. The molecule has 49 heavy (non-hydrogen) atoms. The fourth-order valence-electron chi connectivity index (χ4n) is 6.43. The van der Waals surface area contributed by atoms with Crippen LogP contribution in [-0.4, -0.2) is 103 Å². The number of carbonyl (C=O) groups is 5. The molecule has 14 heteroatoms. The van der Waals surface area contributed by atoms with E-state index in [1.54, 1.807) is 0 Å². The van der Waals surface area contributed by atoms with Crippen molar-refractivity contribution in [1.29, 1.82) is 0 Å². The summed E-state index contributed by atoms with van der Waals surface area (Å²) in [5.74, 6) is -2.73. The number of likely N-dealkylation sites (tertiary alicyclic amines) is 1. The van der Waals surface area contributed by atoms with Crippen molar-refractivity contribution < 1.29 is 32.4 Å². The minimum Gasteiger partial charge on any atom is -0.346 e. The van der Waals surface area contributed by atoms with Crippen LogP contribution in [0, 0.1) is 22.7 Å². The Hall–Kier alpha value is -3.00. The highest BCUT2D eigenvalue weighted by Gasteiger charge is 2.48. The summed E-state index contributed by atoms with van der Waals surface area (Å²) < 4.78 is 27.1. The van der Waals surface area contributed by atoms with Gasteiger partial charge in [0.2, 0.25) is 27.6 Å². The van der Waals surface area contributed by atoms with Gasteiger partial charge in [-0.1, -0.05) is 74.8 Å². The number of urea groups is 1. The van der Waals surface area contributed by atoms with Gasteiger partial charge in [-0.25, -0.2) is 17.5 Å². The number of Topliss-reactive ketones (excluding diaryl/α,β-unsaturated/α-hetero) is 1. The van der Waals surface area contributed by atoms with Gasteiger partial charge in [0.25, 0.3) is 5.91 Å². The molecule has 0 aromatic heterocycles. The molecule has 0 bridgehead atoms. The highest BCUT2D eigenvalue weighted by atomic mass is 32.2. The third-order valence-electron chi connectivity index (χ3n) is 9.13. The molecule has 13 nitrogen and oxygen atoms in total. The number of rotatable bonds is 17. The second-order valence-corrected chi connectivity index (χ2v) is 18.6. The summed E-state index contributed by atoms with van der Waals surface area (Å²) in [6.07, 6.45) is 4.55. The predicted molar refractivity (Wildman–Crippen MR) is 191 cm³/mol. The molecule has 1 aliphatic heterocycles. The van der Waals surface area contributed by atoms with Gasteiger partial charge in [-0.2, -0.15) is 0 Å². The van der Waals surface area contributed by atoms with Crippen LogP contribution in [0.2, 0.25) is 0 Å². The zero-order chi connectivity index (χ0) is 37.5. The summed E-state index contributed by atoms with van der Waals surface area (Å²) in [4.78, 5) is 68.8. The largest absolute Gasteiger partial charge is 0.346 e. The molecule has 5 amide bonds. The van der Waals surface area contributed by atoms with E-state index in [2.05, 4.69) is 27.8 Å². The Balaban J connectivity index is 2.32. The molecule has 0 aromatic rings. The van der Waals surface area contributed by atoms with Gasteiger partial charge in [0, 0.05) is 32.7 Å². The van der Waals surface area contributed by atoms with Crippen LogP contribution in [0.25, 0.3) is 0 Å². The van der Waals surface area contributed by atoms with Crippen molar-refractivity contribution in [1.82, 2.24) is 30.5 Å². The summed E-state index contributed by atoms with van der Waals surface area (Å²) >= 11 is 0. The van der Waals surface area contributed by atoms with E-state index in [1.807, 2.05) is 62.3 Å². The lowest BCUT2D eigenvalue weighted by atomic mass is 9.84. The van der Waals surface area contributed by atoms with Crippen LogP contribution in [0.4, 0.5) is 4.79 Å². The second-order valence-electron chi connectivity index (χ2n) is 16.3. The Kier molecular flexibility index (Phi) is 14.9. The summed E-state index contributed by atoms with van der Waals surface area (Å²) in [5, 5.41) is 10.7. The second kappa shape index (κ2) is 17.3. The van der Waals surface area contributed by atoms with Gasteiger partial charge in [0.1, 0.15) is 12.1 Å². The van der Waals surface area contributed by atoms with Crippen LogP contribution >= 0.6 is 0 Å². The van der Waals surface area contributed by atoms with Crippen molar-refractivity contribution in [3.8, 4) is 0 Å². The molecular formula is C35H62N6O7S. The monoisotopic (exact) mass is 710 g/mol. The first-order valence-corrected chi connectivity index (χ1v) is 19.1. The first kappa shape index (κ1) is 42.2. The molecule has 1 saturated carbocycles. The van der Waals surface area contributed by atoms with Crippen molar-refractivity contribution in [3.63, 3.8) is 0 Å². The van der Waals surface area contributed by atoms with E-state index in [0.717, 1.165) is 0 Å². The third kappa shape index (κ3) is 12.1. The maximum atomic E-state index is 14.4. The lowest BCUT2D eigenvalue weighted by Gasteiger charge is -2.37. The molecule has 0 radical (unpaired) electrons. The van der Waals surface area contributed by atoms with Crippen molar-refractivity contribution in [2.75, 3.05) is 26.7 Å². The molecule has 0 spiro atoms. The standard InChI is InChI=1S/C35H62N6O7S/c1-12-14-26(28(42)31(44)36-18-13-2)38-30(43)27-25(22(3)4)17-19-41(27)32(45)29(35(8,9)10)39-33(46)37-23(20-34(5,6)7)21-40(11)49(47,48)24-15-16-24/h13,22-27,29H,2,12,14-21H2,1,3-11H3,(H,36,44)(H,38,43)(H2,37,39,46)/t23-,25+,26?,27-,29+/m0/s1. The number of ketones is 1. The molecule has 280 valence electrons. The summed E-state index contributed by atoms with van der Waals surface area (Å²) in [6, 6.07) is -4.15. The Morgan fingerprint density at radius 1 is 0.980 bits per heavy atom. The van der Waals surface area contributed by atoms with Crippen LogP contribution < -0.4 is 21.3 Å². The molecule has 2 aliphatic rings. The number of sulfonamides is 1. The number of nitrogens with one attached hydrogen (secondary N) is 4.